The Kier molecular flexibility index (Phi) is 6.88. The molecule has 0 saturated carbocycles. The van der Waals surface area contributed by atoms with Crippen molar-refractivity contribution in [3.05, 3.63) is 29.8 Å². The molecule has 0 saturated heterocycles. The summed E-state index contributed by atoms with van der Waals surface area (Å²) in [5.41, 5.74) is 0.561. The summed E-state index contributed by atoms with van der Waals surface area (Å²) < 4.78 is 11.9. The summed E-state index contributed by atoms with van der Waals surface area (Å²) >= 11 is 0. The fraction of sp³-hybridized carbons (Fsp3) is 0.533. The molecule has 0 fully saturated rings. The van der Waals surface area contributed by atoms with Crippen LogP contribution >= 0.6 is 0 Å². The normalized spacial score (nSPS) is 14.1. The molecule has 1 rings (SSSR count). The van der Waals surface area contributed by atoms with E-state index in [1.165, 1.54) is 0 Å². The zero-order chi connectivity index (χ0) is 15.1. The molecule has 1 amide bonds. The summed E-state index contributed by atoms with van der Waals surface area (Å²) in [5, 5.41) is 11.7. The van der Waals surface area contributed by atoms with Gasteiger partial charge in [-0.1, -0.05) is 13.8 Å². The number of hydrogen-bond donors (Lipinski definition) is 2. The fourth-order valence-corrected chi connectivity index (χ4v) is 2.74. The van der Waals surface area contributed by atoms with Crippen LogP contribution in [0.15, 0.2) is 29.2 Å². The highest BCUT2D eigenvalue weighted by molar-refractivity contribution is 7.85. The molecule has 20 heavy (non-hydrogen) atoms. The number of aliphatic hydroxyl groups excluding tert-OH is 1. The second-order valence-corrected chi connectivity index (χ2v) is 7.12. The lowest BCUT2D eigenvalue weighted by Crippen LogP contribution is -2.32. The summed E-state index contributed by atoms with van der Waals surface area (Å²) in [6.45, 7) is 5.85. The van der Waals surface area contributed by atoms with Gasteiger partial charge in [0.25, 0.3) is 5.91 Å². The zero-order valence-electron chi connectivity index (χ0n) is 12.3. The monoisotopic (exact) mass is 297 g/mol. The smallest absolute Gasteiger partial charge is 0.251 e. The third kappa shape index (κ3) is 5.06. The van der Waals surface area contributed by atoms with E-state index in [4.69, 9.17) is 5.11 Å². The Labute approximate surface area is 123 Å². The number of amides is 1. The van der Waals surface area contributed by atoms with E-state index in [1.807, 2.05) is 20.8 Å². The fourth-order valence-electron chi connectivity index (χ4n) is 1.79. The molecule has 1 aromatic carbocycles. The maximum atomic E-state index is 12.0. The predicted molar refractivity (Wildman–Crippen MR) is 81.2 cm³/mol. The second-order valence-electron chi connectivity index (χ2n) is 5.11. The van der Waals surface area contributed by atoms with Crippen LogP contribution < -0.4 is 5.32 Å². The van der Waals surface area contributed by atoms with Crippen LogP contribution in [0.4, 0.5) is 0 Å². The average Bonchev–Trinajstić information content (AvgIpc) is 2.44. The summed E-state index contributed by atoms with van der Waals surface area (Å²) in [4.78, 5) is 12.7. The topological polar surface area (TPSA) is 66.4 Å². The molecular weight excluding hydrogens is 274 g/mol. The number of aliphatic hydroxyl groups is 1. The van der Waals surface area contributed by atoms with E-state index in [0.29, 0.717) is 12.0 Å². The maximum absolute atomic E-state index is 12.0. The van der Waals surface area contributed by atoms with Gasteiger partial charge < -0.3 is 10.4 Å². The van der Waals surface area contributed by atoms with Crippen LogP contribution in [0.25, 0.3) is 0 Å². The Balaban J connectivity index is 2.64. The van der Waals surface area contributed by atoms with Crippen molar-refractivity contribution in [2.24, 2.45) is 0 Å². The van der Waals surface area contributed by atoms with Gasteiger partial charge in [-0.15, -0.1) is 0 Å². The van der Waals surface area contributed by atoms with Crippen LogP contribution in [-0.2, 0) is 10.8 Å². The highest BCUT2D eigenvalue weighted by Crippen LogP contribution is 2.12. The Hall–Kier alpha value is -1.20. The number of nitrogens with one attached hydrogen (secondary N) is 1. The summed E-state index contributed by atoms with van der Waals surface area (Å²) in [6.07, 6.45) is 1.42. The van der Waals surface area contributed by atoms with Crippen LogP contribution in [0.5, 0.6) is 0 Å². The molecule has 112 valence electrons. The first-order valence-corrected chi connectivity index (χ1v) is 8.09. The lowest BCUT2D eigenvalue weighted by molar-refractivity contribution is 0.0936. The van der Waals surface area contributed by atoms with Crippen molar-refractivity contribution in [1.29, 1.82) is 0 Å². The predicted octanol–water partition coefficient (Wildman–Crippen LogP) is 2.09. The van der Waals surface area contributed by atoms with E-state index in [0.717, 1.165) is 11.3 Å². The lowest BCUT2D eigenvalue weighted by Gasteiger charge is -2.13. The summed E-state index contributed by atoms with van der Waals surface area (Å²) in [6, 6.07) is 6.90. The van der Waals surface area contributed by atoms with Crippen LogP contribution in [0, 0.1) is 0 Å². The molecule has 5 heteroatoms. The summed E-state index contributed by atoms with van der Waals surface area (Å²) in [7, 11) is -1.03. The van der Waals surface area contributed by atoms with Gasteiger partial charge in [-0.25, -0.2) is 0 Å². The second kappa shape index (κ2) is 8.17. The molecule has 2 unspecified atom stereocenters. The van der Waals surface area contributed by atoms with E-state index in [-0.39, 0.29) is 23.8 Å². The minimum absolute atomic E-state index is 0.0270. The van der Waals surface area contributed by atoms with E-state index < -0.39 is 10.8 Å². The van der Waals surface area contributed by atoms with Crippen molar-refractivity contribution in [3.63, 3.8) is 0 Å². The largest absolute Gasteiger partial charge is 0.396 e. The molecule has 0 bridgehead atoms. The van der Waals surface area contributed by atoms with Gasteiger partial charge in [-0.2, -0.15) is 0 Å². The number of hydrogen-bond acceptors (Lipinski definition) is 3. The van der Waals surface area contributed by atoms with E-state index in [2.05, 4.69) is 5.32 Å². The van der Waals surface area contributed by atoms with Crippen LogP contribution in [-0.4, -0.2) is 33.1 Å². The van der Waals surface area contributed by atoms with Gasteiger partial charge in [0.05, 0.1) is 10.8 Å². The first-order valence-electron chi connectivity index (χ1n) is 6.88. The van der Waals surface area contributed by atoms with Gasteiger partial charge >= 0.3 is 0 Å². The van der Waals surface area contributed by atoms with Crippen LogP contribution in [0.1, 0.15) is 44.0 Å². The molecule has 2 N–H and O–H groups in total. The highest BCUT2D eigenvalue weighted by Gasteiger charge is 2.12. The molecule has 0 aromatic heterocycles. The molecule has 0 aliphatic rings. The Morgan fingerprint density at radius 3 is 2.35 bits per heavy atom. The van der Waals surface area contributed by atoms with Gasteiger partial charge in [0.1, 0.15) is 0 Å². The SMILES string of the molecule is CC(CCCO)NC(=O)c1ccc(S(=O)C(C)C)cc1. The van der Waals surface area contributed by atoms with Gasteiger partial charge in [0.2, 0.25) is 0 Å². The number of rotatable bonds is 7. The first-order chi connectivity index (χ1) is 9.45. The van der Waals surface area contributed by atoms with Gasteiger partial charge in [-0.3, -0.25) is 9.00 Å². The number of carbonyl (C=O) groups excluding carboxylic acids is 1. The van der Waals surface area contributed by atoms with Crippen molar-refractivity contribution < 1.29 is 14.1 Å². The van der Waals surface area contributed by atoms with Crippen molar-refractivity contribution in [2.75, 3.05) is 6.61 Å². The quantitative estimate of drug-likeness (QED) is 0.810. The summed E-state index contributed by atoms with van der Waals surface area (Å²) in [5.74, 6) is -0.141. The Bertz CT molecular complexity index is 457. The van der Waals surface area contributed by atoms with Crippen LogP contribution in [0.3, 0.4) is 0 Å². The van der Waals surface area contributed by atoms with Gasteiger partial charge in [0, 0.05) is 28.4 Å². The van der Waals surface area contributed by atoms with E-state index in [9.17, 15) is 9.00 Å². The molecular formula is C15H23NO3S. The third-order valence-corrected chi connectivity index (χ3v) is 4.54. The number of carbonyl (C=O) groups is 1. The standard InChI is InChI=1S/C15H23NO3S/c1-11(2)20(19)14-8-6-13(7-9-14)15(18)16-12(3)5-4-10-17/h6-9,11-12,17H,4-5,10H2,1-3H3,(H,16,18). The van der Waals surface area contributed by atoms with Gasteiger partial charge in [0.15, 0.2) is 0 Å². The van der Waals surface area contributed by atoms with Crippen molar-refractivity contribution in [1.82, 2.24) is 5.32 Å². The Morgan fingerprint density at radius 1 is 1.25 bits per heavy atom. The molecule has 1 aromatic rings. The molecule has 2 atom stereocenters. The molecule has 0 spiro atoms. The van der Waals surface area contributed by atoms with Crippen molar-refractivity contribution in [2.45, 2.75) is 49.8 Å². The van der Waals surface area contributed by atoms with E-state index in [1.54, 1.807) is 24.3 Å². The maximum Gasteiger partial charge on any atom is 0.251 e. The minimum atomic E-state index is -1.03. The molecule has 0 heterocycles. The van der Waals surface area contributed by atoms with Gasteiger partial charge in [-0.05, 0) is 44.0 Å². The molecule has 4 nitrogen and oxygen atoms in total. The Morgan fingerprint density at radius 2 is 1.85 bits per heavy atom. The molecule has 0 radical (unpaired) electrons. The highest BCUT2D eigenvalue weighted by atomic mass is 32.2. The zero-order valence-corrected chi connectivity index (χ0v) is 13.1. The lowest BCUT2D eigenvalue weighted by atomic mass is 10.1. The first kappa shape index (κ1) is 16.9. The van der Waals surface area contributed by atoms with E-state index >= 15 is 0 Å². The van der Waals surface area contributed by atoms with Crippen molar-refractivity contribution in [3.8, 4) is 0 Å². The molecule has 0 aliphatic heterocycles. The third-order valence-electron chi connectivity index (χ3n) is 2.95. The molecule has 0 aliphatic carbocycles. The minimum Gasteiger partial charge on any atom is -0.396 e. The number of benzene rings is 1. The average molecular weight is 297 g/mol. The van der Waals surface area contributed by atoms with Crippen molar-refractivity contribution >= 4 is 16.7 Å². The van der Waals surface area contributed by atoms with Crippen LogP contribution in [0.2, 0.25) is 0 Å².